The molecule has 0 saturated heterocycles. The third-order valence-electron chi connectivity index (χ3n) is 3.84. The van der Waals surface area contributed by atoms with E-state index in [1.807, 2.05) is 7.05 Å². The van der Waals surface area contributed by atoms with Crippen molar-refractivity contribution < 1.29 is 4.74 Å². The first-order valence-electron chi connectivity index (χ1n) is 6.80. The third kappa shape index (κ3) is 3.48. The van der Waals surface area contributed by atoms with E-state index in [4.69, 9.17) is 4.74 Å². The summed E-state index contributed by atoms with van der Waals surface area (Å²) < 4.78 is 6.98. The van der Waals surface area contributed by atoms with Crippen LogP contribution in [0.1, 0.15) is 44.2 Å². The van der Waals surface area contributed by atoms with E-state index in [2.05, 4.69) is 46.4 Å². The molecule has 1 aliphatic carbocycles. The van der Waals surface area contributed by atoms with Crippen LogP contribution in [0.25, 0.3) is 0 Å². The predicted molar refractivity (Wildman–Crippen MR) is 79.1 cm³/mol. The van der Waals surface area contributed by atoms with Crippen LogP contribution in [0.4, 0.5) is 0 Å². The van der Waals surface area contributed by atoms with Crippen LogP contribution in [-0.4, -0.2) is 13.7 Å². The van der Waals surface area contributed by atoms with Crippen LogP contribution in [0.3, 0.4) is 0 Å². The molecule has 0 aromatic heterocycles. The molecule has 1 aromatic carbocycles. The molecule has 0 bridgehead atoms. The lowest BCUT2D eigenvalue weighted by Gasteiger charge is -2.15. The van der Waals surface area contributed by atoms with Gasteiger partial charge in [0.05, 0.1) is 11.1 Å². The molecule has 1 unspecified atom stereocenters. The molecule has 0 aliphatic heterocycles. The second-order valence-corrected chi connectivity index (χ2v) is 6.02. The van der Waals surface area contributed by atoms with Gasteiger partial charge in [0.25, 0.3) is 0 Å². The summed E-state index contributed by atoms with van der Waals surface area (Å²) in [7, 11) is 1.98. The minimum Gasteiger partial charge on any atom is -0.492 e. The molecule has 1 aliphatic rings. The molecule has 1 N–H and O–H groups in total. The maximum absolute atomic E-state index is 5.92. The average molecular weight is 312 g/mol. The maximum atomic E-state index is 5.92. The molecule has 1 atom stereocenters. The van der Waals surface area contributed by atoms with Gasteiger partial charge in [0.2, 0.25) is 0 Å². The second-order valence-electron chi connectivity index (χ2n) is 5.16. The Morgan fingerprint density at radius 3 is 2.72 bits per heavy atom. The molecule has 18 heavy (non-hydrogen) atoms. The van der Waals surface area contributed by atoms with Gasteiger partial charge in [-0.1, -0.05) is 18.9 Å². The highest BCUT2D eigenvalue weighted by Crippen LogP contribution is 2.30. The molecule has 1 saturated carbocycles. The van der Waals surface area contributed by atoms with Gasteiger partial charge in [-0.05, 0) is 66.4 Å². The molecule has 1 fully saturated rings. The van der Waals surface area contributed by atoms with E-state index in [0.717, 1.165) is 22.7 Å². The molecule has 0 spiro atoms. The second kappa shape index (κ2) is 6.58. The number of ether oxygens (including phenoxy) is 1. The lowest BCUT2D eigenvalue weighted by molar-refractivity contribution is 0.250. The van der Waals surface area contributed by atoms with Gasteiger partial charge in [-0.3, -0.25) is 0 Å². The van der Waals surface area contributed by atoms with Crippen LogP contribution in [0, 0.1) is 5.92 Å². The third-order valence-corrected chi connectivity index (χ3v) is 4.46. The lowest BCUT2D eigenvalue weighted by Crippen LogP contribution is -2.12. The summed E-state index contributed by atoms with van der Waals surface area (Å²) in [4.78, 5) is 0. The highest BCUT2D eigenvalue weighted by atomic mass is 79.9. The van der Waals surface area contributed by atoms with Gasteiger partial charge in [0.1, 0.15) is 5.75 Å². The summed E-state index contributed by atoms with van der Waals surface area (Å²) in [6.07, 6.45) is 5.39. The number of rotatable bonds is 5. The first kappa shape index (κ1) is 13.9. The van der Waals surface area contributed by atoms with Crippen LogP contribution >= 0.6 is 15.9 Å². The largest absolute Gasteiger partial charge is 0.492 e. The van der Waals surface area contributed by atoms with Crippen molar-refractivity contribution in [2.24, 2.45) is 5.92 Å². The van der Waals surface area contributed by atoms with Gasteiger partial charge >= 0.3 is 0 Å². The van der Waals surface area contributed by atoms with E-state index >= 15 is 0 Å². The van der Waals surface area contributed by atoms with Crippen molar-refractivity contribution in [1.29, 1.82) is 0 Å². The summed E-state index contributed by atoms with van der Waals surface area (Å²) in [5.74, 6) is 1.72. The molecule has 3 heteroatoms. The Labute approximate surface area is 118 Å². The number of nitrogens with one attached hydrogen (secondary N) is 1. The summed E-state index contributed by atoms with van der Waals surface area (Å²) in [5.41, 5.74) is 1.28. The van der Waals surface area contributed by atoms with Crippen molar-refractivity contribution in [2.75, 3.05) is 13.7 Å². The molecule has 100 valence electrons. The van der Waals surface area contributed by atoms with Crippen LogP contribution in [0.2, 0.25) is 0 Å². The Morgan fingerprint density at radius 2 is 2.11 bits per heavy atom. The minimum atomic E-state index is 0.366. The van der Waals surface area contributed by atoms with Crippen molar-refractivity contribution >= 4 is 15.9 Å². The van der Waals surface area contributed by atoms with Gasteiger partial charge in [-0.25, -0.2) is 0 Å². The van der Waals surface area contributed by atoms with Gasteiger partial charge in [-0.2, -0.15) is 0 Å². The van der Waals surface area contributed by atoms with Crippen molar-refractivity contribution in [3.63, 3.8) is 0 Å². The van der Waals surface area contributed by atoms with E-state index in [-0.39, 0.29) is 0 Å². The van der Waals surface area contributed by atoms with Gasteiger partial charge < -0.3 is 10.1 Å². The summed E-state index contributed by atoms with van der Waals surface area (Å²) >= 11 is 3.60. The Balaban J connectivity index is 1.96. The standard InChI is InChI=1S/C15H22BrNO/c1-11(17-2)13-7-8-15(14(16)9-13)18-10-12-5-3-4-6-12/h7-9,11-12,17H,3-6,10H2,1-2H3. The highest BCUT2D eigenvalue weighted by molar-refractivity contribution is 9.10. The van der Waals surface area contributed by atoms with E-state index in [1.54, 1.807) is 0 Å². The maximum Gasteiger partial charge on any atom is 0.133 e. The molecular formula is C15H22BrNO. The fourth-order valence-corrected chi connectivity index (χ4v) is 2.97. The fourth-order valence-electron chi connectivity index (χ4n) is 2.45. The first-order valence-corrected chi connectivity index (χ1v) is 7.59. The number of hydrogen-bond acceptors (Lipinski definition) is 2. The van der Waals surface area contributed by atoms with Crippen molar-refractivity contribution in [3.8, 4) is 5.75 Å². The van der Waals surface area contributed by atoms with Crippen molar-refractivity contribution in [2.45, 2.75) is 38.6 Å². The van der Waals surface area contributed by atoms with Crippen LogP contribution in [0.15, 0.2) is 22.7 Å². The molecule has 0 radical (unpaired) electrons. The molecule has 2 rings (SSSR count). The summed E-state index contributed by atoms with van der Waals surface area (Å²) in [5, 5.41) is 3.24. The number of halogens is 1. The molecular weight excluding hydrogens is 290 g/mol. The Bertz CT molecular complexity index is 388. The predicted octanol–water partition coefficient (Wildman–Crippen LogP) is 4.30. The zero-order valence-corrected chi connectivity index (χ0v) is 12.8. The number of benzene rings is 1. The Morgan fingerprint density at radius 1 is 1.39 bits per heavy atom. The van der Waals surface area contributed by atoms with E-state index in [1.165, 1.54) is 31.2 Å². The zero-order chi connectivity index (χ0) is 13.0. The molecule has 2 nitrogen and oxygen atoms in total. The topological polar surface area (TPSA) is 21.3 Å². The van der Waals surface area contributed by atoms with Gasteiger partial charge in [0.15, 0.2) is 0 Å². The van der Waals surface area contributed by atoms with Crippen LogP contribution in [0.5, 0.6) is 5.75 Å². The zero-order valence-electron chi connectivity index (χ0n) is 11.2. The average Bonchev–Trinajstić information content (AvgIpc) is 2.89. The lowest BCUT2D eigenvalue weighted by atomic mass is 10.1. The van der Waals surface area contributed by atoms with E-state index < -0.39 is 0 Å². The molecule has 0 amide bonds. The highest BCUT2D eigenvalue weighted by Gasteiger charge is 2.16. The Kier molecular flexibility index (Phi) is 5.07. The van der Waals surface area contributed by atoms with Crippen LogP contribution in [-0.2, 0) is 0 Å². The minimum absolute atomic E-state index is 0.366. The SMILES string of the molecule is CNC(C)c1ccc(OCC2CCCC2)c(Br)c1. The first-order chi connectivity index (χ1) is 8.70. The summed E-state index contributed by atoms with van der Waals surface area (Å²) in [6.45, 7) is 3.01. The van der Waals surface area contributed by atoms with Crippen molar-refractivity contribution in [3.05, 3.63) is 28.2 Å². The van der Waals surface area contributed by atoms with Gasteiger partial charge in [-0.15, -0.1) is 0 Å². The van der Waals surface area contributed by atoms with Gasteiger partial charge in [0, 0.05) is 6.04 Å². The molecule has 0 heterocycles. The quantitative estimate of drug-likeness (QED) is 0.875. The van der Waals surface area contributed by atoms with Crippen LogP contribution < -0.4 is 10.1 Å². The van der Waals surface area contributed by atoms with Crippen molar-refractivity contribution in [1.82, 2.24) is 5.32 Å². The molecule has 1 aromatic rings. The monoisotopic (exact) mass is 311 g/mol. The smallest absolute Gasteiger partial charge is 0.133 e. The van der Waals surface area contributed by atoms with E-state index in [0.29, 0.717) is 6.04 Å². The normalized spacial score (nSPS) is 17.9. The Hall–Kier alpha value is -0.540. The van der Waals surface area contributed by atoms with E-state index in [9.17, 15) is 0 Å². The summed E-state index contributed by atoms with van der Waals surface area (Å²) in [6, 6.07) is 6.72. The fraction of sp³-hybridized carbons (Fsp3) is 0.600. The number of hydrogen-bond donors (Lipinski definition) is 1.